The van der Waals surface area contributed by atoms with Gasteiger partial charge in [0, 0.05) is 5.06 Å². The van der Waals surface area contributed by atoms with Crippen LogP contribution in [0.3, 0.4) is 0 Å². The number of alkyl halides is 10. The molecule has 13 heteroatoms. The van der Waals surface area contributed by atoms with Crippen LogP contribution in [-0.2, 0) is 9.57 Å². The van der Waals surface area contributed by atoms with Gasteiger partial charge >= 0.3 is 18.7 Å². The Kier molecular flexibility index (Phi) is 5.53. The highest BCUT2D eigenvalue weighted by Gasteiger charge is 2.56. The topological polar surface area (TPSA) is 21.7 Å². The molecule has 0 heterocycles. The van der Waals surface area contributed by atoms with Gasteiger partial charge < -0.3 is 0 Å². The van der Waals surface area contributed by atoms with Gasteiger partial charge in [0.2, 0.25) is 0 Å². The van der Waals surface area contributed by atoms with Crippen molar-refractivity contribution in [2.24, 2.45) is 0 Å². The molecule has 0 radical (unpaired) electrons. The van der Waals surface area contributed by atoms with Crippen LogP contribution in [0.25, 0.3) is 0 Å². The fourth-order valence-electron chi connectivity index (χ4n) is 0.511. The summed E-state index contributed by atoms with van der Waals surface area (Å²) in [5.74, 6) is 0. The van der Waals surface area contributed by atoms with E-state index in [1.54, 1.807) is 0 Å². The molecule has 0 aromatic heterocycles. The molecule has 0 aliphatic heterocycles. The molecule has 0 fully saturated rings. The lowest BCUT2D eigenvalue weighted by atomic mass is 10.7. The highest BCUT2D eigenvalue weighted by Crippen LogP contribution is 2.34. The Morgan fingerprint density at radius 3 is 1.61 bits per heavy atom. The predicted octanol–water partition coefficient (Wildman–Crippen LogP) is 3.36. The summed E-state index contributed by atoms with van der Waals surface area (Å²) in [6.07, 6.45) is -16.9. The van der Waals surface area contributed by atoms with Crippen LogP contribution in [0, 0.1) is 0 Å². The van der Waals surface area contributed by atoms with E-state index >= 15 is 0 Å². The maximum absolute atomic E-state index is 12.2. The molecule has 0 N–H and O–H groups in total. The lowest BCUT2D eigenvalue weighted by Crippen LogP contribution is -2.48. The van der Waals surface area contributed by atoms with Gasteiger partial charge in [-0.1, -0.05) is 11.6 Å². The van der Waals surface area contributed by atoms with E-state index in [0.717, 1.165) is 0 Å². The van der Waals surface area contributed by atoms with E-state index in [1.165, 1.54) is 0 Å². The molecule has 0 saturated heterocycles. The van der Waals surface area contributed by atoms with Gasteiger partial charge in [-0.15, -0.1) is 0 Å². The van der Waals surface area contributed by atoms with Crippen LogP contribution in [0.4, 0.5) is 39.5 Å². The largest absolute Gasteiger partial charge is 0.490 e. The Hall–Kier alpha value is -0.460. The number of hydrogen-bond acceptors (Lipinski definition) is 3. The molecule has 0 aliphatic carbocycles. The number of halogens is 10. The maximum atomic E-state index is 12.2. The lowest BCUT2D eigenvalue weighted by molar-refractivity contribution is -0.501. The lowest BCUT2D eigenvalue weighted by Gasteiger charge is -2.26. The van der Waals surface area contributed by atoms with E-state index in [4.69, 9.17) is 0 Å². The van der Waals surface area contributed by atoms with Crippen molar-refractivity contribution in [3.05, 3.63) is 0 Å². The van der Waals surface area contributed by atoms with Crippen LogP contribution in [0.2, 0.25) is 0 Å². The Bertz CT molecular complexity index is 251. The van der Waals surface area contributed by atoms with Crippen LogP contribution < -0.4 is 0 Å². The minimum atomic E-state index is -6.05. The molecule has 1 atom stereocenters. The molecule has 1 unspecified atom stereocenters. The van der Waals surface area contributed by atoms with Crippen LogP contribution >= 0.6 is 11.6 Å². The first kappa shape index (κ1) is 17.5. The van der Waals surface area contributed by atoms with Crippen LogP contribution in [0.15, 0.2) is 0 Å². The number of rotatable bonds is 5. The second-order valence-corrected chi connectivity index (χ2v) is 2.87. The summed E-state index contributed by atoms with van der Waals surface area (Å²) >= 11 is 4.21. The molecule has 18 heavy (non-hydrogen) atoms. The zero-order valence-electron chi connectivity index (χ0n) is 7.83. The van der Waals surface area contributed by atoms with E-state index in [1.807, 2.05) is 0 Å². The summed E-state index contributed by atoms with van der Waals surface area (Å²) in [6.45, 7) is -2.22. The Balaban J connectivity index is 4.49. The van der Waals surface area contributed by atoms with Crippen molar-refractivity contribution < 1.29 is 49.1 Å². The number of hydroxylamine groups is 2. The molecule has 0 aliphatic rings. The summed E-state index contributed by atoms with van der Waals surface area (Å²) in [5.41, 5.74) is -3.47. The van der Waals surface area contributed by atoms with Crippen molar-refractivity contribution in [3.8, 4) is 0 Å². The summed E-state index contributed by atoms with van der Waals surface area (Å²) < 4.78 is 110. The van der Waals surface area contributed by atoms with Gasteiger partial charge in [-0.05, 0) is 0 Å². The van der Waals surface area contributed by atoms with E-state index in [2.05, 4.69) is 21.2 Å². The zero-order chi connectivity index (χ0) is 14.8. The molecule has 0 aromatic carbocycles. The molecule has 0 saturated carbocycles. The molecule has 0 spiro atoms. The van der Waals surface area contributed by atoms with Gasteiger partial charge in [0.1, 0.15) is 0 Å². The van der Waals surface area contributed by atoms with Crippen LogP contribution in [0.5, 0.6) is 0 Å². The van der Waals surface area contributed by atoms with Crippen LogP contribution in [0.1, 0.15) is 0 Å². The number of hydrogen-bond donors (Lipinski definition) is 0. The third-order valence-corrected chi connectivity index (χ3v) is 1.40. The van der Waals surface area contributed by atoms with Gasteiger partial charge in [0.15, 0.2) is 6.79 Å². The number of ether oxygens (including phenoxy) is 1. The van der Waals surface area contributed by atoms with Crippen molar-refractivity contribution in [3.63, 3.8) is 0 Å². The molecule has 0 aromatic rings. The SMILES string of the molecule is FC(Cl)C(F)(F)OCON(C(F)(F)F)C(F)(F)F. The second-order valence-electron chi connectivity index (χ2n) is 2.48. The molecule has 110 valence electrons. The van der Waals surface area contributed by atoms with Crippen molar-refractivity contribution in [1.82, 2.24) is 5.06 Å². The first-order valence-corrected chi connectivity index (χ1v) is 4.08. The highest BCUT2D eigenvalue weighted by atomic mass is 35.5. The van der Waals surface area contributed by atoms with Crippen molar-refractivity contribution in [1.29, 1.82) is 0 Å². The maximum Gasteiger partial charge on any atom is 0.490 e. The third-order valence-electron chi connectivity index (χ3n) is 1.15. The summed E-state index contributed by atoms with van der Waals surface area (Å²) in [5, 5.41) is -2.49. The Morgan fingerprint density at radius 2 is 1.33 bits per heavy atom. The van der Waals surface area contributed by atoms with Gasteiger partial charge in [-0.2, -0.15) is 35.1 Å². The minimum absolute atomic E-state index is 2.22. The monoisotopic (exact) mass is 315 g/mol. The summed E-state index contributed by atoms with van der Waals surface area (Å²) in [4.78, 5) is 2.91. The van der Waals surface area contributed by atoms with E-state index < -0.39 is 36.2 Å². The standard InChI is InChI=1S/C5H3ClF9NO2/c6-2(7)3(8,9)17-1-18-16(4(10,11)12)5(13,14)15/h2H,1H2. The highest BCUT2D eigenvalue weighted by molar-refractivity contribution is 6.20. The molecule has 3 nitrogen and oxygen atoms in total. The van der Waals surface area contributed by atoms with Crippen molar-refractivity contribution in [2.45, 2.75) is 24.3 Å². The van der Waals surface area contributed by atoms with Crippen molar-refractivity contribution in [2.75, 3.05) is 6.79 Å². The van der Waals surface area contributed by atoms with E-state index in [-0.39, 0.29) is 0 Å². The predicted molar refractivity (Wildman–Crippen MR) is 36.7 cm³/mol. The number of nitrogens with zero attached hydrogens (tertiary/aromatic N) is 1. The quantitative estimate of drug-likeness (QED) is 0.255. The van der Waals surface area contributed by atoms with Gasteiger partial charge in [0.05, 0.1) is 0 Å². The van der Waals surface area contributed by atoms with Gasteiger partial charge in [0.25, 0.3) is 5.63 Å². The molecule has 0 rings (SSSR count). The van der Waals surface area contributed by atoms with Crippen LogP contribution in [-0.4, -0.2) is 36.2 Å². The smallest absolute Gasteiger partial charge is 0.288 e. The first-order valence-electron chi connectivity index (χ1n) is 3.65. The zero-order valence-corrected chi connectivity index (χ0v) is 8.58. The third kappa shape index (κ3) is 5.46. The van der Waals surface area contributed by atoms with Gasteiger partial charge in [-0.25, -0.2) is 4.39 Å². The normalized spacial score (nSPS) is 16.2. The first-order chi connectivity index (χ1) is 7.78. The van der Waals surface area contributed by atoms with Gasteiger partial charge in [-0.3, -0.25) is 9.57 Å². The molecular formula is C5H3ClF9NO2. The van der Waals surface area contributed by atoms with E-state index in [0.29, 0.717) is 0 Å². The average Bonchev–Trinajstić information content (AvgIpc) is 2.07. The fraction of sp³-hybridized carbons (Fsp3) is 1.00. The summed E-state index contributed by atoms with van der Waals surface area (Å²) in [7, 11) is 0. The van der Waals surface area contributed by atoms with Crippen molar-refractivity contribution >= 4 is 11.6 Å². The fourth-order valence-corrected chi connectivity index (χ4v) is 0.574. The molecule has 0 bridgehead atoms. The Labute approximate surface area is 97.9 Å². The Morgan fingerprint density at radius 1 is 0.944 bits per heavy atom. The molecular weight excluding hydrogens is 312 g/mol. The average molecular weight is 316 g/mol. The minimum Gasteiger partial charge on any atom is -0.288 e. The molecule has 0 amide bonds. The van der Waals surface area contributed by atoms with E-state index in [9.17, 15) is 39.5 Å². The second kappa shape index (κ2) is 5.67. The summed E-state index contributed by atoms with van der Waals surface area (Å²) in [6, 6.07) is 0.